The number of hydrogen-bond donors (Lipinski definition) is 3. The van der Waals surface area contributed by atoms with E-state index in [1.54, 1.807) is 23.1 Å². The van der Waals surface area contributed by atoms with Crippen LogP contribution in [0.5, 0.6) is 0 Å². The Kier molecular flexibility index (Phi) is 10.8. The number of halogens is 3. The van der Waals surface area contributed by atoms with Gasteiger partial charge in [-0.2, -0.15) is 13.2 Å². The van der Waals surface area contributed by atoms with Gasteiger partial charge in [-0.1, -0.05) is 48.5 Å². The van der Waals surface area contributed by atoms with E-state index in [4.69, 9.17) is 4.42 Å². The van der Waals surface area contributed by atoms with Gasteiger partial charge in [0.15, 0.2) is 5.76 Å². The third-order valence-corrected chi connectivity index (χ3v) is 9.60. The summed E-state index contributed by atoms with van der Waals surface area (Å²) in [5.41, 5.74) is 1.92. The molecule has 0 saturated carbocycles. The number of nitrogens with zero attached hydrogens (tertiary/aromatic N) is 3. The summed E-state index contributed by atoms with van der Waals surface area (Å²) in [5.74, 6) is -0.495. The molecule has 5 aromatic rings. The van der Waals surface area contributed by atoms with Crippen LogP contribution in [0, 0.1) is 6.92 Å². The molecule has 9 nitrogen and oxygen atoms in total. The Morgan fingerprint density at radius 2 is 1.84 bits per heavy atom. The second kappa shape index (κ2) is 15.4. The lowest BCUT2D eigenvalue weighted by Crippen LogP contribution is -2.48. The lowest BCUT2D eigenvalue weighted by Gasteiger charge is -2.25. The number of aliphatic hydroxyl groups excluding tert-OH is 1. The van der Waals surface area contributed by atoms with Crippen LogP contribution in [0.2, 0.25) is 0 Å². The Balaban J connectivity index is 1.23. The Labute approximate surface area is 291 Å². The number of nitrogens with one attached hydrogen (secondary N) is 2. The zero-order valence-corrected chi connectivity index (χ0v) is 28.0. The average Bonchev–Trinajstić information content (AvgIpc) is 3.90. The number of hydrogen-bond acceptors (Lipinski definition) is 8. The number of furan rings is 1. The third kappa shape index (κ3) is 8.47. The lowest BCUT2D eigenvalue weighted by molar-refractivity contribution is -0.137. The molecule has 6 rings (SSSR count). The van der Waals surface area contributed by atoms with Crippen LogP contribution in [-0.2, 0) is 19.1 Å². The number of amides is 2. The van der Waals surface area contributed by atoms with E-state index in [9.17, 15) is 27.9 Å². The number of benzene rings is 2. The number of aliphatic hydroxyl groups is 1. The zero-order chi connectivity index (χ0) is 35.3. The standard InChI is InChI=1S/C37H36F3N5O4S/c1-23-22-50-35(42-23)31-12-6-14-45(31)36(48)30-19-26(18-29(43-30)33-13-7-15-49-33)34(47)44-28(17-24-8-3-2-4-9-24)32(46)21-41-20-25-10-5-11-27(16-25)37(38,39)40/h2-5,7-11,13,15-16,18-19,22,28,31-32,41,46H,6,12,14,17,20-21H2,1H3,(H,44,47)/t28-,31?,32+/m0/s1. The topological polar surface area (TPSA) is 121 Å². The minimum Gasteiger partial charge on any atom is -0.463 e. The van der Waals surface area contributed by atoms with Crippen molar-refractivity contribution in [2.24, 2.45) is 0 Å². The summed E-state index contributed by atoms with van der Waals surface area (Å²) < 4.78 is 45.2. The van der Waals surface area contributed by atoms with E-state index in [-0.39, 0.29) is 42.7 Å². The number of thiazole rings is 1. The number of rotatable bonds is 12. The fraction of sp³-hybridized carbons (Fsp3) is 0.297. The number of pyridine rings is 1. The summed E-state index contributed by atoms with van der Waals surface area (Å²) in [4.78, 5) is 38.9. The maximum Gasteiger partial charge on any atom is 0.416 e. The van der Waals surface area contributed by atoms with Crippen molar-refractivity contribution in [1.82, 2.24) is 25.5 Å². The Hall–Kier alpha value is -4.85. The molecule has 13 heteroatoms. The third-order valence-electron chi connectivity index (χ3n) is 8.53. The highest BCUT2D eigenvalue weighted by Crippen LogP contribution is 2.35. The van der Waals surface area contributed by atoms with Crippen LogP contribution >= 0.6 is 11.3 Å². The van der Waals surface area contributed by atoms with Gasteiger partial charge in [-0.15, -0.1) is 11.3 Å². The second-order valence-electron chi connectivity index (χ2n) is 12.3. The Bertz CT molecular complexity index is 1920. The number of likely N-dealkylation sites (tertiary alicyclic amines) is 1. The van der Waals surface area contributed by atoms with Gasteiger partial charge < -0.3 is 25.1 Å². The molecule has 2 amide bonds. The maximum atomic E-state index is 14.0. The molecule has 1 fully saturated rings. The van der Waals surface area contributed by atoms with Crippen LogP contribution < -0.4 is 10.6 Å². The highest BCUT2D eigenvalue weighted by atomic mass is 32.1. The normalized spacial score (nSPS) is 15.9. The quantitative estimate of drug-likeness (QED) is 0.134. The number of aromatic nitrogens is 2. The summed E-state index contributed by atoms with van der Waals surface area (Å²) in [6.07, 6.45) is -2.27. The lowest BCUT2D eigenvalue weighted by atomic mass is 10.00. The first-order valence-corrected chi connectivity index (χ1v) is 17.1. The highest BCUT2D eigenvalue weighted by molar-refractivity contribution is 7.09. The van der Waals surface area contributed by atoms with Crippen molar-refractivity contribution in [3.05, 3.63) is 129 Å². The van der Waals surface area contributed by atoms with Crippen molar-refractivity contribution >= 4 is 23.2 Å². The van der Waals surface area contributed by atoms with Gasteiger partial charge in [-0.05, 0) is 67.6 Å². The van der Waals surface area contributed by atoms with Gasteiger partial charge >= 0.3 is 6.18 Å². The summed E-state index contributed by atoms with van der Waals surface area (Å²) in [6.45, 7) is 2.50. The van der Waals surface area contributed by atoms with Crippen LogP contribution in [0.3, 0.4) is 0 Å². The van der Waals surface area contributed by atoms with Gasteiger partial charge in [0.2, 0.25) is 0 Å². The summed E-state index contributed by atoms with van der Waals surface area (Å²) in [6, 6.07) is 19.6. The number of carbonyl (C=O) groups excluding carboxylic acids is 2. The van der Waals surface area contributed by atoms with E-state index in [1.807, 2.05) is 42.6 Å². The first-order valence-electron chi connectivity index (χ1n) is 16.2. The van der Waals surface area contributed by atoms with Gasteiger partial charge in [-0.25, -0.2) is 9.97 Å². The summed E-state index contributed by atoms with van der Waals surface area (Å²) >= 11 is 1.51. The van der Waals surface area contributed by atoms with Gasteiger partial charge in [-0.3, -0.25) is 9.59 Å². The SMILES string of the molecule is Cc1csc(C2CCCN2C(=O)c2cc(C(=O)N[C@@H](Cc3ccccc3)[C@H](O)CNCc3cccc(C(F)(F)F)c3)cc(-c3ccco3)n2)n1. The van der Waals surface area contributed by atoms with Crippen LogP contribution in [-0.4, -0.2) is 57.0 Å². The minimum atomic E-state index is -4.47. The molecule has 0 aliphatic carbocycles. The maximum absolute atomic E-state index is 14.0. The van der Waals surface area contributed by atoms with Crippen LogP contribution in [0.15, 0.2) is 94.9 Å². The Morgan fingerprint density at radius 1 is 1.04 bits per heavy atom. The predicted molar refractivity (Wildman–Crippen MR) is 182 cm³/mol. The van der Waals surface area contributed by atoms with E-state index in [0.717, 1.165) is 41.2 Å². The summed E-state index contributed by atoms with van der Waals surface area (Å²) in [5, 5.41) is 20.1. The molecule has 0 bridgehead atoms. The molecule has 3 N–H and O–H groups in total. The zero-order valence-electron chi connectivity index (χ0n) is 27.2. The minimum absolute atomic E-state index is 0.0155. The van der Waals surface area contributed by atoms with E-state index in [2.05, 4.69) is 20.6 Å². The molecule has 3 aromatic heterocycles. The largest absolute Gasteiger partial charge is 0.463 e. The molecule has 0 radical (unpaired) electrons. The molecule has 2 aromatic carbocycles. The molecule has 260 valence electrons. The van der Waals surface area contributed by atoms with Gasteiger partial charge in [0.05, 0.1) is 30.0 Å². The van der Waals surface area contributed by atoms with Crippen molar-refractivity contribution in [3.8, 4) is 11.5 Å². The Morgan fingerprint density at radius 3 is 2.56 bits per heavy atom. The number of alkyl halides is 3. The van der Waals surface area contributed by atoms with E-state index < -0.39 is 29.8 Å². The molecule has 1 unspecified atom stereocenters. The van der Waals surface area contributed by atoms with Gasteiger partial charge in [0.1, 0.15) is 16.4 Å². The van der Waals surface area contributed by atoms with E-state index in [0.29, 0.717) is 23.6 Å². The molecular formula is C37H36F3N5O4S. The molecule has 0 spiro atoms. The second-order valence-corrected chi connectivity index (χ2v) is 13.1. The molecule has 50 heavy (non-hydrogen) atoms. The van der Waals surface area contributed by atoms with Crippen LogP contribution in [0.25, 0.3) is 11.5 Å². The number of aryl methyl sites for hydroxylation is 1. The summed E-state index contributed by atoms with van der Waals surface area (Å²) in [7, 11) is 0. The fourth-order valence-corrected chi connectivity index (χ4v) is 6.97. The highest BCUT2D eigenvalue weighted by Gasteiger charge is 2.34. The predicted octanol–water partition coefficient (Wildman–Crippen LogP) is 6.59. The monoisotopic (exact) mass is 703 g/mol. The smallest absolute Gasteiger partial charge is 0.416 e. The molecule has 1 aliphatic rings. The average molecular weight is 704 g/mol. The number of carbonyl (C=O) groups is 2. The molecule has 3 atom stereocenters. The van der Waals surface area contributed by atoms with Crippen molar-refractivity contribution in [1.29, 1.82) is 0 Å². The van der Waals surface area contributed by atoms with Crippen molar-refractivity contribution in [2.45, 2.75) is 57.1 Å². The fourth-order valence-electron chi connectivity index (χ4n) is 6.03. The van der Waals surface area contributed by atoms with Crippen molar-refractivity contribution in [2.75, 3.05) is 13.1 Å². The first kappa shape index (κ1) is 35.0. The molecule has 1 saturated heterocycles. The van der Waals surface area contributed by atoms with Crippen molar-refractivity contribution in [3.63, 3.8) is 0 Å². The van der Waals surface area contributed by atoms with Crippen molar-refractivity contribution < 1.29 is 32.3 Å². The van der Waals surface area contributed by atoms with Gasteiger partial charge in [0, 0.05) is 36.3 Å². The van der Waals surface area contributed by atoms with Crippen LogP contribution in [0.1, 0.15) is 67.1 Å². The first-order chi connectivity index (χ1) is 24.0. The van der Waals surface area contributed by atoms with Crippen LogP contribution in [0.4, 0.5) is 13.2 Å². The van der Waals surface area contributed by atoms with E-state index >= 15 is 0 Å². The molecular weight excluding hydrogens is 667 g/mol. The molecule has 1 aliphatic heterocycles. The molecule has 4 heterocycles. The van der Waals surface area contributed by atoms with E-state index in [1.165, 1.54) is 35.8 Å². The van der Waals surface area contributed by atoms with Gasteiger partial charge in [0.25, 0.3) is 11.8 Å².